The summed E-state index contributed by atoms with van der Waals surface area (Å²) in [5.41, 5.74) is 2.34. The van der Waals surface area contributed by atoms with Crippen molar-refractivity contribution in [3.05, 3.63) is 47.2 Å². The van der Waals surface area contributed by atoms with E-state index in [4.69, 9.17) is 9.47 Å². The molecule has 1 aliphatic heterocycles. The van der Waals surface area contributed by atoms with Gasteiger partial charge in [-0.25, -0.2) is 9.97 Å². The molecule has 1 aromatic carbocycles. The second-order valence-electron chi connectivity index (χ2n) is 8.74. The maximum Gasteiger partial charge on any atom is 0.230 e. The van der Waals surface area contributed by atoms with Crippen molar-refractivity contribution in [2.45, 2.75) is 44.6 Å². The lowest BCUT2D eigenvalue weighted by molar-refractivity contribution is -0.0389. The van der Waals surface area contributed by atoms with E-state index < -0.39 is 5.60 Å². The fourth-order valence-electron chi connectivity index (χ4n) is 4.10. The highest BCUT2D eigenvalue weighted by atomic mass is 32.1. The van der Waals surface area contributed by atoms with Crippen LogP contribution in [0.3, 0.4) is 0 Å². The van der Waals surface area contributed by atoms with Crippen molar-refractivity contribution in [2.24, 2.45) is 5.92 Å². The van der Waals surface area contributed by atoms with Crippen LogP contribution in [-0.2, 0) is 10.3 Å². The average Bonchev–Trinajstić information content (AvgIpc) is 3.27. The van der Waals surface area contributed by atoms with Gasteiger partial charge < -0.3 is 19.9 Å². The highest BCUT2D eigenvalue weighted by Crippen LogP contribution is 2.44. The molecular weight excluding hydrogens is 424 g/mol. The van der Waals surface area contributed by atoms with Crippen LogP contribution in [0.2, 0.25) is 0 Å². The zero-order valence-corrected chi connectivity index (χ0v) is 19.0. The molecule has 5 rings (SSSR count). The molecule has 1 saturated carbocycles. The molecule has 0 radical (unpaired) electrons. The number of hydrogen-bond donors (Lipinski definition) is 2. The molecule has 8 heteroatoms. The van der Waals surface area contributed by atoms with Gasteiger partial charge in [-0.05, 0) is 62.3 Å². The van der Waals surface area contributed by atoms with E-state index >= 15 is 0 Å². The number of rotatable bonds is 7. The van der Waals surface area contributed by atoms with Gasteiger partial charge >= 0.3 is 0 Å². The second kappa shape index (κ2) is 9.13. The molecule has 2 aromatic heterocycles. The summed E-state index contributed by atoms with van der Waals surface area (Å²) in [6, 6.07) is 8.02. The molecule has 1 unspecified atom stereocenters. The lowest BCUT2D eigenvalue weighted by Gasteiger charge is -2.34. The first-order valence-electron chi connectivity index (χ1n) is 11.2. The van der Waals surface area contributed by atoms with Crippen LogP contribution in [0.5, 0.6) is 5.88 Å². The van der Waals surface area contributed by atoms with Gasteiger partial charge in [0.1, 0.15) is 10.6 Å². The Morgan fingerprint density at radius 3 is 2.94 bits per heavy atom. The minimum atomic E-state index is -0.730. The maximum atomic E-state index is 10.6. The van der Waals surface area contributed by atoms with Gasteiger partial charge in [0, 0.05) is 36.7 Å². The van der Waals surface area contributed by atoms with Gasteiger partial charge in [-0.3, -0.25) is 0 Å². The molecule has 1 saturated heterocycles. The van der Waals surface area contributed by atoms with Crippen molar-refractivity contribution < 1.29 is 14.6 Å². The highest BCUT2D eigenvalue weighted by Gasteiger charge is 2.39. The summed E-state index contributed by atoms with van der Waals surface area (Å²) in [5.74, 6) is 1.46. The third kappa shape index (κ3) is 4.77. The predicted octanol–water partition coefficient (Wildman–Crippen LogP) is 4.83. The Hall–Kier alpha value is -2.55. The van der Waals surface area contributed by atoms with Gasteiger partial charge in [0.25, 0.3) is 0 Å². The van der Waals surface area contributed by atoms with Crippen molar-refractivity contribution in [2.75, 3.05) is 25.1 Å². The first-order chi connectivity index (χ1) is 15.6. The monoisotopic (exact) mass is 452 g/mol. The molecule has 2 N–H and O–H groups in total. The third-order valence-electron chi connectivity index (χ3n) is 6.05. The smallest absolute Gasteiger partial charge is 0.230 e. The standard InChI is InChI=1S/C24H28N4O3S/c1-16-10-18(20-13-26-22(32-20)24(29)6-3-7-24)12-19(11-16)27-23-25-8-5-21(28-23)31-15-17-4-2-9-30-14-17/h5,8,10-13,17,29H,2-4,6-7,9,14-15H2,1H3,(H,25,27,28). The summed E-state index contributed by atoms with van der Waals surface area (Å²) in [6.45, 7) is 4.26. The molecule has 32 heavy (non-hydrogen) atoms. The Balaban J connectivity index is 1.29. The lowest BCUT2D eigenvalue weighted by Crippen LogP contribution is -2.33. The molecule has 1 aliphatic carbocycles. The van der Waals surface area contributed by atoms with Crippen LogP contribution in [0.4, 0.5) is 11.6 Å². The number of aliphatic hydroxyl groups is 1. The normalized spacial score (nSPS) is 19.9. The molecule has 0 amide bonds. The number of nitrogens with zero attached hydrogens (tertiary/aromatic N) is 3. The summed E-state index contributed by atoms with van der Waals surface area (Å²) < 4.78 is 11.4. The quantitative estimate of drug-likeness (QED) is 0.531. The van der Waals surface area contributed by atoms with E-state index in [9.17, 15) is 5.11 Å². The van der Waals surface area contributed by atoms with Crippen molar-refractivity contribution in [1.29, 1.82) is 0 Å². The number of aromatic nitrogens is 3. The maximum absolute atomic E-state index is 10.6. The Labute approximate surface area is 191 Å². The fourth-order valence-corrected chi connectivity index (χ4v) is 5.15. The number of anilines is 2. The van der Waals surface area contributed by atoms with Crippen molar-refractivity contribution in [3.63, 3.8) is 0 Å². The van der Waals surface area contributed by atoms with E-state index in [1.807, 2.05) is 6.20 Å². The van der Waals surface area contributed by atoms with Crippen LogP contribution in [0.25, 0.3) is 10.4 Å². The SMILES string of the molecule is Cc1cc(Nc2nccc(OCC3CCCOC3)n2)cc(-c2cnc(C3(O)CCC3)s2)c1. The Kier molecular flexibility index (Phi) is 6.08. The first kappa shape index (κ1) is 21.3. The van der Waals surface area contributed by atoms with Gasteiger partial charge in [-0.1, -0.05) is 6.07 Å². The Morgan fingerprint density at radius 1 is 1.25 bits per heavy atom. The summed E-state index contributed by atoms with van der Waals surface area (Å²) in [6.07, 6.45) is 8.41. The van der Waals surface area contributed by atoms with Crippen LogP contribution in [0, 0.1) is 12.8 Å². The zero-order valence-electron chi connectivity index (χ0n) is 18.2. The van der Waals surface area contributed by atoms with E-state index in [2.05, 4.69) is 45.4 Å². The molecule has 168 valence electrons. The second-order valence-corrected chi connectivity index (χ2v) is 9.77. The molecule has 2 fully saturated rings. The Bertz CT molecular complexity index is 1080. The van der Waals surface area contributed by atoms with Crippen molar-refractivity contribution in [1.82, 2.24) is 15.0 Å². The third-order valence-corrected chi connectivity index (χ3v) is 7.29. The molecule has 1 atom stereocenters. The van der Waals surface area contributed by atoms with E-state index in [0.717, 1.165) is 72.0 Å². The van der Waals surface area contributed by atoms with Crippen LogP contribution in [0.1, 0.15) is 42.7 Å². The first-order valence-corrected chi connectivity index (χ1v) is 12.0. The average molecular weight is 453 g/mol. The van der Waals surface area contributed by atoms with Gasteiger partial charge in [-0.2, -0.15) is 4.98 Å². The highest BCUT2D eigenvalue weighted by molar-refractivity contribution is 7.15. The predicted molar refractivity (Wildman–Crippen MR) is 124 cm³/mol. The summed E-state index contributed by atoms with van der Waals surface area (Å²) in [5, 5.41) is 14.7. The summed E-state index contributed by atoms with van der Waals surface area (Å²) >= 11 is 1.56. The van der Waals surface area contributed by atoms with Gasteiger partial charge in [0.15, 0.2) is 0 Å². The van der Waals surface area contributed by atoms with E-state index in [-0.39, 0.29) is 0 Å². The number of aryl methyl sites for hydroxylation is 1. The molecule has 3 aromatic rings. The minimum absolute atomic E-state index is 0.414. The largest absolute Gasteiger partial charge is 0.477 e. The number of thiazole rings is 1. The van der Waals surface area contributed by atoms with Gasteiger partial charge in [-0.15, -0.1) is 11.3 Å². The van der Waals surface area contributed by atoms with Crippen LogP contribution >= 0.6 is 11.3 Å². The number of benzene rings is 1. The molecule has 7 nitrogen and oxygen atoms in total. The minimum Gasteiger partial charge on any atom is -0.477 e. The van der Waals surface area contributed by atoms with Gasteiger partial charge in [0.2, 0.25) is 11.8 Å². The summed E-state index contributed by atoms with van der Waals surface area (Å²) in [7, 11) is 0. The topological polar surface area (TPSA) is 89.4 Å². The van der Waals surface area contributed by atoms with E-state index in [0.29, 0.717) is 24.4 Å². The molecule has 3 heterocycles. The molecule has 2 aliphatic rings. The van der Waals surface area contributed by atoms with Crippen molar-refractivity contribution in [3.8, 4) is 16.3 Å². The molecular formula is C24H28N4O3S. The van der Waals surface area contributed by atoms with Crippen molar-refractivity contribution >= 4 is 23.0 Å². The number of nitrogens with one attached hydrogen (secondary N) is 1. The van der Waals surface area contributed by atoms with E-state index in [1.165, 1.54) is 0 Å². The Morgan fingerprint density at radius 2 is 2.16 bits per heavy atom. The van der Waals surface area contributed by atoms with Crippen LogP contribution < -0.4 is 10.1 Å². The lowest BCUT2D eigenvalue weighted by atomic mass is 9.81. The molecule has 0 bridgehead atoms. The summed E-state index contributed by atoms with van der Waals surface area (Å²) in [4.78, 5) is 14.4. The number of ether oxygens (including phenoxy) is 2. The fraction of sp³-hybridized carbons (Fsp3) is 0.458. The van der Waals surface area contributed by atoms with Gasteiger partial charge in [0.05, 0.1) is 18.1 Å². The molecule has 0 spiro atoms. The van der Waals surface area contributed by atoms with E-state index in [1.54, 1.807) is 23.6 Å². The zero-order chi connectivity index (χ0) is 22.0. The van der Waals surface area contributed by atoms with Crippen LogP contribution in [0.15, 0.2) is 36.7 Å². The van der Waals surface area contributed by atoms with Crippen LogP contribution in [-0.4, -0.2) is 39.9 Å². The number of hydrogen-bond acceptors (Lipinski definition) is 8.